The molecule has 0 radical (unpaired) electrons. The molecule has 0 spiro atoms. The number of anilines is 3. The second-order valence-electron chi connectivity index (χ2n) is 14.4. The fourth-order valence-corrected chi connectivity index (χ4v) is 8.59. The van der Waals surface area contributed by atoms with Gasteiger partial charge in [-0.3, -0.25) is 4.99 Å². The summed E-state index contributed by atoms with van der Waals surface area (Å²) in [5, 5.41) is 10.5. The monoisotopic (exact) mass is 697 g/mol. The van der Waals surface area contributed by atoms with E-state index in [2.05, 4.69) is 175 Å². The second-order valence-corrected chi connectivity index (χ2v) is 14.4. The number of nitrogens with zero attached hydrogens (tertiary/aromatic N) is 2. The van der Waals surface area contributed by atoms with Crippen LogP contribution in [0.5, 0.6) is 0 Å². The third-order valence-corrected chi connectivity index (χ3v) is 11.2. The Labute approximate surface area is 311 Å². The van der Waals surface area contributed by atoms with Crippen LogP contribution in [0.4, 0.5) is 17.1 Å². The molecule has 0 amide bonds. The summed E-state index contributed by atoms with van der Waals surface area (Å²) in [7, 11) is 0. The Morgan fingerprint density at radius 2 is 1.35 bits per heavy atom. The number of amidine groups is 1. The van der Waals surface area contributed by atoms with E-state index in [0.29, 0.717) is 0 Å². The maximum Gasteiger partial charge on any atom is 0.159 e. The first kappa shape index (κ1) is 30.7. The van der Waals surface area contributed by atoms with Gasteiger partial charge in [0.05, 0.1) is 11.7 Å². The van der Waals surface area contributed by atoms with Crippen LogP contribution in [0.1, 0.15) is 29.7 Å². The van der Waals surface area contributed by atoms with Crippen LogP contribution in [0.3, 0.4) is 0 Å². The minimum Gasteiger partial charge on any atom is -0.456 e. The van der Waals surface area contributed by atoms with Crippen molar-refractivity contribution >= 4 is 78.7 Å². The number of para-hydroxylation sites is 3. The first-order valence-corrected chi connectivity index (χ1v) is 18.6. The number of furan rings is 2. The van der Waals surface area contributed by atoms with Gasteiger partial charge in [-0.1, -0.05) is 128 Å². The Hall–Kier alpha value is -6.85. The van der Waals surface area contributed by atoms with Crippen LogP contribution >= 0.6 is 0 Å². The van der Waals surface area contributed by atoms with Crippen molar-refractivity contribution in [2.45, 2.75) is 19.0 Å². The van der Waals surface area contributed by atoms with Crippen molar-refractivity contribution in [1.82, 2.24) is 0 Å². The molecule has 54 heavy (non-hydrogen) atoms. The summed E-state index contributed by atoms with van der Waals surface area (Å²) in [6.45, 7) is 2.30. The Morgan fingerprint density at radius 3 is 2.22 bits per heavy atom. The number of hydrogen-bond acceptors (Lipinski definition) is 5. The Balaban J connectivity index is 1.16. The maximum absolute atomic E-state index is 6.96. The van der Waals surface area contributed by atoms with Gasteiger partial charge in [0.15, 0.2) is 5.58 Å². The Morgan fingerprint density at radius 1 is 0.630 bits per heavy atom. The molecular weight excluding hydrogens is 663 g/mol. The topological polar surface area (TPSA) is 53.9 Å². The molecule has 3 unspecified atom stereocenters. The van der Waals surface area contributed by atoms with Crippen molar-refractivity contribution in [3.63, 3.8) is 0 Å². The predicted molar refractivity (Wildman–Crippen MR) is 222 cm³/mol. The van der Waals surface area contributed by atoms with Crippen LogP contribution in [-0.4, -0.2) is 11.9 Å². The molecule has 2 aliphatic rings. The highest BCUT2D eigenvalue weighted by atomic mass is 16.3. The van der Waals surface area contributed by atoms with Crippen molar-refractivity contribution in [3.8, 4) is 0 Å². The van der Waals surface area contributed by atoms with Gasteiger partial charge in [-0.05, 0) is 70.8 Å². The molecule has 11 rings (SSSR count). The molecule has 3 atom stereocenters. The van der Waals surface area contributed by atoms with Crippen molar-refractivity contribution in [1.29, 1.82) is 0 Å². The number of aliphatic imine (C=N–C) groups is 1. The fourth-order valence-electron chi connectivity index (χ4n) is 8.59. The molecule has 1 aliphatic heterocycles. The van der Waals surface area contributed by atoms with Crippen LogP contribution in [-0.2, 0) is 0 Å². The van der Waals surface area contributed by atoms with E-state index in [0.717, 1.165) is 83.1 Å². The average Bonchev–Trinajstić information content (AvgIpc) is 3.79. The number of nitrogens with one attached hydrogen (secondary N) is 1. The lowest BCUT2D eigenvalue weighted by Gasteiger charge is -2.36. The largest absolute Gasteiger partial charge is 0.456 e. The predicted octanol–water partition coefficient (Wildman–Crippen LogP) is 10.9. The third kappa shape index (κ3) is 4.82. The van der Waals surface area contributed by atoms with E-state index in [1.54, 1.807) is 0 Å². The highest BCUT2D eigenvalue weighted by molar-refractivity contribution is 6.24. The summed E-state index contributed by atoms with van der Waals surface area (Å²) in [5.41, 5.74) is 9.88. The standard InChI is InChI=1S/C49H35N3O2/c1-30-27-39-35-17-8-11-21-43(35)53-45(39)29-42(30)52(34-24-23-31-13-5-6-16-33(31)28-34)41-26-25-38(46-37-19-9-12-22-44(37)54-48(41)46)49-50-40-20-10-7-18-36(40)47(51-49)32-14-3-2-4-15-32/h2-30,42,47H,1H3,(H,50,51). The molecule has 0 bridgehead atoms. The fraction of sp³-hybridized carbons (Fsp3) is 0.0816. The molecule has 3 heterocycles. The van der Waals surface area contributed by atoms with E-state index in [-0.39, 0.29) is 18.0 Å². The lowest BCUT2D eigenvalue weighted by Crippen LogP contribution is -2.41. The van der Waals surface area contributed by atoms with Gasteiger partial charge in [0.2, 0.25) is 0 Å². The quantitative estimate of drug-likeness (QED) is 0.195. The lowest BCUT2D eigenvalue weighted by molar-refractivity contribution is 0.556. The van der Waals surface area contributed by atoms with E-state index in [1.807, 2.05) is 12.1 Å². The van der Waals surface area contributed by atoms with E-state index >= 15 is 0 Å². The summed E-state index contributed by atoms with van der Waals surface area (Å²) in [4.78, 5) is 7.88. The molecule has 0 saturated heterocycles. The van der Waals surface area contributed by atoms with Gasteiger partial charge < -0.3 is 19.1 Å². The van der Waals surface area contributed by atoms with Gasteiger partial charge in [0.25, 0.3) is 0 Å². The van der Waals surface area contributed by atoms with Crippen LogP contribution in [0, 0.1) is 5.92 Å². The summed E-state index contributed by atoms with van der Waals surface area (Å²) in [5.74, 6) is 0.970. The van der Waals surface area contributed by atoms with E-state index < -0.39 is 0 Å². The summed E-state index contributed by atoms with van der Waals surface area (Å²) >= 11 is 0. The van der Waals surface area contributed by atoms with Gasteiger partial charge in [0.1, 0.15) is 28.5 Å². The number of fused-ring (bicyclic) bond motifs is 8. The van der Waals surface area contributed by atoms with Crippen molar-refractivity contribution < 1.29 is 8.83 Å². The van der Waals surface area contributed by atoms with Crippen LogP contribution in [0.15, 0.2) is 172 Å². The van der Waals surface area contributed by atoms with Crippen LogP contribution in [0.2, 0.25) is 0 Å². The third-order valence-electron chi connectivity index (χ3n) is 11.2. The summed E-state index contributed by atoms with van der Waals surface area (Å²) < 4.78 is 13.5. The van der Waals surface area contributed by atoms with Gasteiger partial charge in [-0.15, -0.1) is 0 Å². The number of benzene rings is 7. The SMILES string of the molecule is CC1C=c2c(oc3ccccc23)=CC1N(c1ccc2ccccc2c1)c1ccc(C2=NC(c3ccccc3)c3ccccc3N2)c2c1oc1ccccc12. The normalized spacial score (nSPS) is 17.7. The molecule has 1 aliphatic carbocycles. The van der Waals surface area contributed by atoms with Crippen molar-refractivity contribution in [2.75, 3.05) is 10.2 Å². The highest BCUT2D eigenvalue weighted by Crippen LogP contribution is 2.44. The summed E-state index contributed by atoms with van der Waals surface area (Å²) in [6, 6.07) is 55.2. The first-order chi connectivity index (χ1) is 26.7. The Kier molecular flexibility index (Phi) is 6.89. The minimum atomic E-state index is -0.146. The van der Waals surface area contributed by atoms with Crippen molar-refractivity contribution in [3.05, 3.63) is 185 Å². The molecule has 7 aromatic carbocycles. The second kappa shape index (κ2) is 12.1. The van der Waals surface area contributed by atoms with Gasteiger partial charge in [0, 0.05) is 43.9 Å². The maximum atomic E-state index is 6.96. The molecule has 9 aromatic rings. The van der Waals surface area contributed by atoms with Crippen LogP contribution in [0.25, 0.3) is 55.8 Å². The van der Waals surface area contributed by atoms with E-state index in [4.69, 9.17) is 13.8 Å². The number of hydrogen-bond donors (Lipinski definition) is 1. The zero-order chi connectivity index (χ0) is 35.8. The lowest BCUT2D eigenvalue weighted by atomic mass is 9.92. The average molecular weight is 698 g/mol. The van der Waals surface area contributed by atoms with Gasteiger partial charge in [-0.2, -0.15) is 0 Å². The smallest absolute Gasteiger partial charge is 0.159 e. The van der Waals surface area contributed by atoms with E-state index in [1.165, 1.54) is 10.8 Å². The van der Waals surface area contributed by atoms with E-state index in [9.17, 15) is 0 Å². The van der Waals surface area contributed by atoms with Crippen molar-refractivity contribution in [2.24, 2.45) is 10.9 Å². The zero-order valence-corrected chi connectivity index (χ0v) is 29.6. The summed E-state index contributed by atoms with van der Waals surface area (Å²) in [6.07, 6.45) is 4.66. The Bertz CT molecular complexity index is 3080. The molecular formula is C49H35N3O2. The molecule has 5 nitrogen and oxygen atoms in total. The molecule has 0 fully saturated rings. The van der Waals surface area contributed by atoms with Gasteiger partial charge >= 0.3 is 0 Å². The molecule has 2 aromatic heterocycles. The van der Waals surface area contributed by atoms with Crippen LogP contribution < -0.4 is 20.9 Å². The molecule has 0 saturated carbocycles. The minimum absolute atomic E-state index is 0.0685. The highest BCUT2D eigenvalue weighted by Gasteiger charge is 2.32. The number of rotatable bonds is 5. The first-order valence-electron chi connectivity index (χ1n) is 18.6. The molecule has 1 N–H and O–H groups in total. The molecule has 258 valence electrons. The molecule has 5 heteroatoms. The zero-order valence-electron chi connectivity index (χ0n) is 29.6. The van der Waals surface area contributed by atoms with Gasteiger partial charge in [-0.25, -0.2) is 0 Å².